The fraction of sp³-hybridized carbons (Fsp3) is 0.0435. The number of hydrogen-bond donors (Lipinski definition) is 0. The fourth-order valence-electron chi connectivity index (χ4n) is 3.20. The average molecular weight is 556 g/mol. The zero-order valence-electron chi connectivity index (χ0n) is 17.6. The first-order valence-electron chi connectivity index (χ1n) is 9.92. The predicted molar refractivity (Wildman–Crippen MR) is 132 cm³/mol. The molecule has 1 fully saturated rings. The fourth-order valence-corrected chi connectivity index (χ4v) is 4.31. The summed E-state index contributed by atoms with van der Waals surface area (Å²) in [6.07, 6.45) is 1.53. The molecule has 1 saturated heterocycles. The van der Waals surface area contributed by atoms with Crippen LogP contribution in [0.1, 0.15) is 11.1 Å². The summed E-state index contributed by atoms with van der Waals surface area (Å²) in [6, 6.07) is 16.7. The Balaban J connectivity index is 1.54. The number of ether oxygens (including phenoxy) is 1. The third-order valence-corrected chi connectivity index (χ3v) is 6.30. The SMILES string of the molecule is O=C1S/C(=C/c2cccc(Oc3ccc([N+](=O)[O-])cc3[N+](=O)[O-])c2)C(=O)N1Cc1ccc(Br)cc1. The number of thioether (sulfide) groups is 1. The molecule has 0 radical (unpaired) electrons. The van der Waals surface area contributed by atoms with E-state index in [1.807, 2.05) is 24.3 Å². The van der Waals surface area contributed by atoms with Crippen LogP contribution >= 0.6 is 27.7 Å². The van der Waals surface area contributed by atoms with Crippen molar-refractivity contribution in [3.05, 3.63) is 107 Å². The quantitative estimate of drug-likeness (QED) is 0.188. The molecule has 3 aromatic rings. The maximum atomic E-state index is 12.8. The minimum Gasteiger partial charge on any atom is -0.450 e. The third kappa shape index (κ3) is 5.55. The summed E-state index contributed by atoms with van der Waals surface area (Å²) >= 11 is 4.16. The zero-order valence-corrected chi connectivity index (χ0v) is 20.0. The van der Waals surface area contributed by atoms with E-state index >= 15 is 0 Å². The van der Waals surface area contributed by atoms with Crippen molar-refractivity contribution in [2.45, 2.75) is 6.54 Å². The summed E-state index contributed by atoms with van der Waals surface area (Å²) < 4.78 is 6.49. The summed E-state index contributed by atoms with van der Waals surface area (Å²) in [7, 11) is 0. The first-order valence-corrected chi connectivity index (χ1v) is 11.5. The first kappa shape index (κ1) is 24.1. The molecular formula is C23H14BrN3O7S. The van der Waals surface area contributed by atoms with Crippen LogP contribution in [-0.4, -0.2) is 25.9 Å². The van der Waals surface area contributed by atoms with Gasteiger partial charge in [0.05, 0.1) is 27.4 Å². The van der Waals surface area contributed by atoms with Gasteiger partial charge in [0.1, 0.15) is 5.75 Å². The normalized spacial score (nSPS) is 14.4. The van der Waals surface area contributed by atoms with Gasteiger partial charge in [-0.1, -0.05) is 40.2 Å². The molecule has 0 spiro atoms. The zero-order chi connectivity index (χ0) is 25.1. The standard InChI is InChI=1S/C23H14BrN3O7S/c24-16-6-4-14(5-7-16)13-25-22(28)21(35-23(25)29)11-15-2-1-3-18(10-15)34-20-9-8-17(26(30)31)12-19(20)27(32)33/h1-12H,13H2/b21-11+. The van der Waals surface area contributed by atoms with Crippen molar-refractivity contribution in [3.63, 3.8) is 0 Å². The van der Waals surface area contributed by atoms with Crippen molar-refractivity contribution >= 4 is 56.3 Å². The Labute approximate surface area is 210 Å². The number of hydrogen-bond acceptors (Lipinski definition) is 8. The number of amides is 2. The molecule has 176 valence electrons. The molecule has 0 unspecified atom stereocenters. The highest BCUT2D eigenvalue weighted by molar-refractivity contribution is 9.10. The number of nitro benzene ring substituents is 2. The van der Waals surface area contributed by atoms with Gasteiger partial charge < -0.3 is 4.74 Å². The highest BCUT2D eigenvalue weighted by Gasteiger charge is 2.35. The van der Waals surface area contributed by atoms with E-state index in [-0.39, 0.29) is 22.9 Å². The summed E-state index contributed by atoms with van der Waals surface area (Å²) in [6.45, 7) is 0.141. The lowest BCUT2D eigenvalue weighted by Crippen LogP contribution is -2.27. The van der Waals surface area contributed by atoms with E-state index in [2.05, 4.69) is 15.9 Å². The van der Waals surface area contributed by atoms with Gasteiger partial charge in [0.15, 0.2) is 0 Å². The Morgan fingerprint density at radius 2 is 1.71 bits per heavy atom. The van der Waals surface area contributed by atoms with Crippen LogP contribution in [0.2, 0.25) is 0 Å². The Bertz CT molecular complexity index is 1390. The largest absolute Gasteiger partial charge is 0.450 e. The molecule has 35 heavy (non-hydrogen) atoms. The van der Waals surface area contributed by atoms with E-state index in [4.69, 9.17) is 4.74 Å². The van der Waals surface area contributed by atoms with Gasteiger partial charge in [-0.2, -0.15) is 0 Å². The van der Waals surface area contributed by atoms with Gasteiger partial charge in [0.25, 0.3) is 16.8 Å². The smallest absolute Gasteiger partial charge is 0.318 e. The van der Waals surface area contributed by atoms with Gasteiger partial charge in [-0.3, -0.25) is 34.7 Å². The highest BCUT2D eigenvalue weighted by Crippen LogP contribution is 2.36. The number of benzene rings is 3. The molecule has 2 amide bonds. The van der Waals surface area contributed by atoms with Crippen molar-refractivity contribution in [3.8, 4) is 11.5 Å². The molecule has 0 bridgehead atoms. The molecule has 1 aliphatic rings. The van der Waals surface area contributed by atoms with Crippen molar-refractivity contribution in [1.29, 1.82) is 0 Å². The molecule has 1 aliphatic heterocycles. The van der Waals surface area contributed by atoms with E-state index in [1.165, 1.54) is 12.1 Å². The molecule has 10 nitrogen and oxygen atoms in total. The number of nitrogens with zero attached hydrogens (tertiary/aromatic N) is 3. The second kappa shape index (κ2) is 10.1. The van der Waals surface area contributed by atoms with Crippen LogP contribution in [-0.2, 0) is 11.3 Å². The van der Waals surface area contributed by atoms with E-state index in [9.17, 15) is 29.8 Å². The molecule has 0 aliphatic carbocycles. The number of imide groups is 1. The van der Waals surface area contributed by atoms with Crippen molar-refractivity contribution < 1.29 is 24.2 Å². The van der Waals surface area contributed by atoms with Crippen molar-refractivity contribution in [2.24, 2.45) is 0 Å². The number of nitro groups is 2. The third-order valence-electron chi connectivity index (χ3n) is 4.86. The highest BCUT2D eigenvalue weighted by atomic mass is 79.9. The number of non-ortho nitro benzene ring substituents is 1. The topological polar surface area (TPSA) is 133 Å². The van der Waals surface area contributed by atoms with Crippen LogP contribution in [0.3, 0.4) is 0 Å². The van der Waals surface area contributed by atoms with Crippen LogP contribution < -0.4 is 4.74 Å². The lowest BCUT2D eigenvalue weighted by atomic mass is 10.2. The van der Waals surface area contributed by atoms with Crippen molar-refractivity contribution in [2.75, 3.05) is 0 Å². The number of halogens is 1. The number of rotatable bonds is 7. The number of carbonyl (C=O) groups excluding carboxylic acids is 2. The van der Waals surface area contributed by atoms with Gasteiger partial charge in [0, 0.05) is 10.5 Å². The molecular weight excluding hydrogens is 542 g/mol. The molecule has 1 heterocycles. The van der Waals surface area contributed by atoms with Crippen LogP contribution in [0, 0.1) is 20.2 Å². The van der Waals surface area contributed by atoms with Crippen LogP contribution in [0.25, 0.3) is 6.08 Å². The lowest BCUT2D eigenvalue weighted by molar-refractivity contribution is -0.394. The Morgan fingerprint density at radius 1 is 0.971 bits per heavy atom. The van der Waals surface area contributed by atoms with E-state index in [1.54, 1.807) is 18.2 Å². The number of carbonyl (C=O) groups is 2. The lowest BCUT2D eigenvalue weighted by Gasteiger charge is -2.12. The first-order chi connectivity index (χ1) is 16.7. The maximum absolute atomic E-state index is 12.8. The summed E-state index contributed by atoms with van der Waals surface area (Å²) in [4.78, 5) is 47.4. The average Bonchev–Trinajstić information content (AvgIpc) is 3.08. The molecule has 0 atom stereocenters. The molecule has 4 rings (SSSR count). The second-order valence-electron chi connectivity index (χ2n) is 7.24. The predicted octanol–water partition coefficient (Wildman–Crippen LogP) is 6.29. The van der Waals surface area contributed by atoms with Crippen LogP contribution in [0.5, 0.6) is 11.5 Å². The van der Waals surface area contributed by atoms with Gasteiger partial charge in [-0.05, 0) is 59.3 Å². The summed E-state index contributed by atoms with van der Waals surface area (Å²) in [5.74, 6) is -0.391. The maximum Gasteiger partial charge on any atom is 0.318 e. The van der Waals surface area contributed by atoms with E-state index in [0.717, 1.165) is 44.9 Å². The van der Waals surface area contributed by atoms with E-state index < -0.39 is 32.4 Å². The minimum atomic E-state index is -0.770. The molecule has 0 N–H and O–H groups in total. The van der Waals surface area contributed by atoms with Gasteiger partial charge in [-0.25, -0.2) is 0 Å². The van der Waals surface area contributed by atoms with Gasteiger partial charge >= 0.3 is 5.69 Å². The Hall–Kier alpha value is -4.03. The van der Waals surface area contributed by atoms with Gasteiger partial charge in [-0.15, -0.1) is 0 Å². The Kier molecular flexibility index (Phi) is 6.94. The summed E-state index contributed by atoms with van der Waals surface area (Å²) in [5.41, 5.74) is 0.341. The van der Waals surface area contributed by atoms with Crippen molar-refractivity contribution in [1.82, 2.24) is 4.90 Å². The minimum absolute atomic E-state index is 0.141. The van der Waals surface area contributed by atoms with Crippen LogP contribution in [0.4, 0.5) is 16.2 Å². The molecule has 0 aromatic heterocycles. The molecule has 12 heteroatoms. The second-order valence-corrected chi connectivity index (χ2v) is 9.14. The van der Waals surface area contributed by atoms with E-state index in [0.29, 0.717) is 5.56 Å². The van der Waals surface area contributed by atoms with Crippen LogP contribution in [0.15, 0.2) is 76.1 Å². The van der Waals surface area contributed by atoms with Gasteiger partial charge in [0.2, 0.25) is 5.75 Å². The summed E-state index contributed by atoms with van der Waals surface area (Å²) in [5, 5.41) is 21.9. The monoisotopic (exact) mass is 555 g/mol. The molecule has 3 aromatic carbocycles. The Morgan fingerprint density at radius 3 is 2.40 bits per heavy atom. The molecule has 0 saturated carbocycles.